The van der Waals surface area contributed by atoms with Crippen LogP contribution in [0.5, 0.6) is 11.5 Å². The molecule has 4 aromatic rings. The van der Waals surface area contributed by atoms with Crippen molar-refractivity contribution < 1.29 is 28.7 Å². The first-order valence-electron chi connectivity index (χ1n) is 12.3. The molecule has 0 aliphatic carbocycles. The van der Waals surface area contributed by atoms with E-state index >= 15 is 0 Å². The Morgan fingerprint density at radius 1 is 1.31 bits per heavy atom. The molecule has 2 aromatic carbocycles. The van der Waals surface area contributed by atoms with Gasteiger partial charge in [0.2, 0.25) is 0 Å². The van der Waals surface area contributed by atoms with Crippen molar-refractivity contribution in [2.24, 2.45) is 4.99 Å². The van der Waals surface area contributed by atoms with Gasteiger partial charge in [0, 0.05) is 17.7 Å². The molecule has 3 heterocycles. The van der Waals surface area contributed by atoms with Crippen LogP contribution in [0.1, 0.15) is 31.2 Å². The number of nitro benzene ring substituents is 1. The largest absolute Gasteiger partial charge is 0.504 e. The van der Waals surface area contributed by atoms with E-state index in [9.17, 15) is 24.8 Å². The number of carbonyl (C=O) groups excluding carboxylic acids is 1. The number of nitro groups is 1. The van der Waals surface area contributed by atoms with Crippen molar-refractivity contribution in [2.75, 3.05) is 13.7 Å². The van der Waals surface area contributed by atoms with Gasteiger partial charge in [0.1, 0.15) is 17.6 Å². The second-order valence-corrected chi connectivity index (χ2v) is 11.6. The summed E-state index contributed by atoms with van der Waals surface area (Å²) in [4.78, 5) is 42.7. The van der Waals surface area contributed by atoms with Crippen LogP contribution in [0, 0.1) is 13.7 Å². The number of hydrogen-bond acceptors (Lipinski definition) is 10. The summed E-state index contributed by atoms with van der Waals surface area (Å²) in [5.41, 5.74) is 0.730. The van der Waals surface area contributed by atoms with E-state index in [0.29, 0.717) is 24.2 Å². The lowest BCUT2D eigenvalue weighted by Crippen LogP contribution is -2.39. The Labute approximate surface area is 260 Å². The molecule has 0 unspecified atom stereocenters. The molecule has 14 heteroatoms. The van der Waals surface area contributed by atoms with Crippen LogP contribution >= 0.6 is 45.5 Å². The number of aromatic nitrogens is 1. The summed E-state index contributed by atoms with van der Waals surface area (Å²) in [6.07, 6.45) is 1.64. The van der Waals surface area contributed by atoms with E-state index in [4.69, 9.17) is 25.5 Å². The topological polar surface area (TPSA) is 146 Å². The van der Waals surface area contributed by atoms with Crippen LogP contribution in [0.25, 0.3) is 17.4 Å². The number of furan rings is 1. The van der Waals surface area contributed by atoms with Gasteiger partial charge in [-0.3, -0.25) is 19.5 Å². The van der Waals surface area contributed by atoms with Crippen LogP contribution < -0.4 is 19.6 Å². The molecule has 2 aromatic heterocycles. The molecule has 1 atom stereocenters. The SMILES string of the molecule is CCOC(=O)C1=C(C)N=c2s/c(=C\c3cc(I)c(O)c(OC)c3)c(=O)n2[C@H]1c1ccc(-c2cc([N+](=O)[O-])ccc2Cl)o1. The van der Waals surface area contributed by atoms with Crippen LogP contribution in [-0.2, 0) is 9.53 Å². The van der Waals surface area contributed by atoms with E-state index in [2.05, 4.69) is 4.99 Å². The zero-order valence-electron chi connectivity index (χ0n) is 22.2. The minimum atomic E-state index is -1.04. The van der Waals surface area contributed by atoms with Crippen molar-refractivity contribution in [1.29, 1.82) is 0 Å². The van der Waals surface area contributed by atoms with E-state index in [1.807, 2.05) is 22.6 Å². The predicted molar refractivity (Wildman–Crippen MR) is 164 cm³/mol. The summed E-state index contributed by atoms with van der Waals surface area (Å²) >= 11 is 9.43. The summed E-state index contributed by atoms with van der Waals surface area (Å²) in [6.45, 7) is 3.41. The fraction of sp³-hybridized carbons (Fsp3) is 0.179. The maximum Gasteiger partial charge on any atom is 0.338 e. The third-order valence-corrected chi connectivity index (χ3v) is 8.54. The standard InChI is InChI=1S/C28H21ClIN3O8S/c1-4-40-27(36)23-13(2)31-28-32(26(35)22(42-28)11-14-9-18(30)25(34)21(10-14)39-3)24(23)20-8-7-19(41-20)16-12-15(33(37)38)5-6-17(16)29/h5-12,24,34H,4H2,1-3H3/b22-11-/t24-/m0/s1. The molecule has 0 fully saturated rings. The first-order valence-corrected chi connectivity index (χ1v) is 14.6. The molecular weight excluding hydrogens is 701 g/mol. The first kappa shape index (κ1) is 29.5. The normalized spacial score (nSPS) is 14.9. The molecule has 0 saturated heterocycles. The summed E-state index contributed by atoms with van der Waals surface area (Å²) in [5, 5.41) is 21.8. The molecule has 5 rings (SSSR count). The quantitative estimate of drug-likeness (QED) is 0.122. The summed E-state index contributed by atoms with van der Waals surface area (Å²) in [7, 11) is 1.43. The number of allylic oxidation sites excluding steroid dienone is 1. The number of phenols is 1. The van der Waals surface area contributed by atoms with Gasteiger partial charge in [-0.1, -0.05) is 22.9 Å². The first-order chi connectivity index (χ1) is 20.0. The highest BCUT2D eigenvalue weighted by atomic mass is 127. The lowest BCUT2D eigenvalue weighted by Gasteiger charge is -2.22. The van der Waals surface area contributed by atoms with E-state index < -0.39 is 22.5 Å². The predicted octanol–water partition coefficient (Wildman–Crippen LogP) is 4.94. The highest BCUT2D eigenvalue weighted by Gasteiger charge is 2.35. The lowest BCUT2D eigenvalue weighted by molar-refractivity contribution is -0.384. The number of carbonyl (C=O) groups is 1. The van der Waals surface area contributed by atoms with Crippen molar-refractivity contribution >= 4 is 63.3 Å². The second-order valence-electron chi connectivity index (χ2n) is 8.98. The van der Waals surface area contributed by atoms with Gasteiger partial charge in [0.15, 0.2) is 16.3 Å². The van der Waals surface area contributed by atoms with E-state index in [-0.39, 0.29) is 51.5 Å². The maximum atomic E-state index is 13.9. The number of ether oxygens (including phenoxy) is 2. The number of fused-ring (bicyclic) bond motifs is 1. The van der Waals surface area contributed by atoms with Crippen LogP contribution in [0.3, 0.4) is 0 Å². The molecule has 1 aliphatic rings. The molecule has 1 N–H and O–H groups in total. The van der Waals surface area contributed by atoms with Gasteiger partial charge >= 0.3 is 5.97 Å². The average Bonchev–Trinajstić information content (AvgIpc) is 3.55. The maximum absolute atomic E-state index is 13.9. The van der Waals surface area contributed by atoms with Gasteiger partial charge in [-0.2, -0.15) is 0 Å². The monoisotopic (exact) mass is 721 g/mol. The van der Waals surface area contributed by atoms with Crippen molar-refractivity contribution in [3.05, 3.63) is 103 Å². The molecule has 0 radical (unpaired) electrons. The lowest BCUT2D eigenvalue weighted by atomic mass is 10.0. The van der Waals surface area contributed by atoms with Crippen LogP contribution in [-0.4, -0.2) is 34.3 Å². The zero-order chi connectivity index (χ0) is 30.3. The van der Waals surface area contributed by atoms with Gasteiger partial charge in [0.05, 0.1) is 43.0 Å². The number of aromatic hydroxyl groups is 1. The van der Waals surface area contributed by atoms with Crippen molar-refractivity contribution in [3.63, 3.8) is 0 Å². The molecule has 216 valence electrons. The average molecular weight is 722 g/mol. The fourth-order valence-corrected chi connectivity index (χ4v) is 6.39. The van der Waals surface area contributed by atoms with Gasteiger partial charge in [-0.15, -0.1) is 0 Å². The second kappa shape index (κ2) is 11.7. The van der Waals surface area contributed by atoms with Crippen LogP contribution in [0.4, 0.5) is 5.69 Å². The van der Waals surface area contributed by atoms with E-state index in [1.54, 1.807) is 44.2 Å². The van der Waals surface area contributed by atoms with E-state index in [0.717, 1.165) is 11.3 Å². The van der Waals surface area contributed by atoms with Gasteiger partial charge < -0.3 is 19.0 Å². The van der Waals surface area contributed by atoms with Gasteiger partial charge in [-0.25, -0.2) is 9.79 Å². The van der Waals surface area contributed by atoms with Gasteiger partial charge in [-0.05, 0) is 78.4 Å². The van der Waals surface area contributed by atoms with Crippen molar-refractivity contribution in [3.8, 4) is 22.8 Å². The number of esters is 1. The summed E-state index contributed by atoms with van der Waals surface area (Å²) in [6, 6.07) is 9.38. The molecule has 42 heavy (non-hydrogen) atoms. The van der Waals surface area contributed by atoms with Crippen LogP contribution in [0.15, 0.2) is 67.9 Å². The number of nitrogens with zero attached hydrogens (tertiary/aromatic N) is 3. The Kier molecular flexibility index (Phi) is 8.25. The summed E-state index contributed by atoms with van der Waals surface area (Å²) < 4.78 is 18.9. The number of non-ortho nitro benzene ring substituents is 1. The molecule has 11 nitrogen and oxygen atoms in total. The molecule has 0 saturated carbocycles. The third kappa shape index (κ3) is 5.34. The zero-order valence-corrected chi connectivity index (χ0v) is 25.9. The van der Waals surface area contributed by atoms with Crippen molar-refractivity contribution in [1.82, 2.24) is 4.57 Å². The Bertz CT molecular complexity index is 1980. The number of thiazole rings is 1. The molecule has 0 amide bonds. The highest BCUT2D eigenvalue weighted by Crippen LogP contribution is 2.37. The molecule has 0 bridgehead atoms. The number of rotatable bonds is 7. The fourth-order valence-electron chi connectivity index (χ4n) is 4.50. The third-order valence-electron chi connectivity index (χ3n) is 6.41. The van der Waals surface area contributed by atoms with Gasteiger partial charge in [0.25, 0.3) is 11.2 Å². The van der Waals surface area contributed by atoms with Crippen LogP contribution in [0.2, 0.25) is 5.02 Å². The number of halogens is 2. The summed E-state index contributed by atoms with van der Waals surface area (Å²) in [5.74, 6) is -0.00359. The number of phenolic OH excluding ortho intramolecular Hbond substituents is 1. The molecular formula is C28H21ClIN3O8S. The van der Waals surface area contributed by atoms with Crippen molar-refractivity contribution in [2.45, 2.75) is 19.9 Å². The number of hydrogen-bond donors (Lipinski definition) is 1. The smallest absolute Gasteiger partial charge is 0.338 e. The molecule has 1 aliphatic heterocycles. The Balaban J connectivity index is 1.70. The Hall–Kier alpha value is -3.95. The number of methoxy groups -OCH3 is 1. The number of benzene rings is 2. The Morgan fingerprint density at radius 3 is 2.76 bits per heavy atom. The highest BCUT2D eigenvalue weighted by molar-refractivity contribution is 14.1. The minimum Gasteiger partial charge on any atom is -0.504 e. The van der Waals surface area contributed by atoms with E-state index in [1.165, 1.54) is 29.9 Å². The Morgan fingerprint density at radius 2 is 2.07 bits per heavy atom. The minimum absolute atomic E-state index is 0.0103. The molecule has 0 spiro atoms.